The zero-order valence-corrected chi connectivity index (χ0v) is 9.81. The van der Waals surface area contributed by atoms with Gasteiger partial charge in [-0.3, -0.25) is 0 Å². The summed E-state index contributed by atoms with van der Waals surface area (Å²) in [5, 5.41) is 0. The average molecular weight is 273 g/mol. The van der Waals surface area contributed by atoms with Crippen molar-refractivity contribution in [3.8, 4) is 0 Å². The lowest BCUT2D eigenvalue weighted by Gasteiger charge is -2.03. The molecule has 2 rings (SSSR count). The van der Waals surface area contributed by atoms with Crippen LogP contribution >= 0.6 is 15.9 Å². The van der Waals surface area contributed by atoms with E-state index < -0.39 is 9.84 Å². The molecule has 0 atom stereocenters. The van der Waals surface area contributed by atoms with Crippen LogP contribution in [-0.2, 0) is 9.84 Å². The van der Waals surface area contributed by atoms with Crippen molar-refractivity contribution in [1.29, 1.82) is 0 Å². The van der Waals surface area contributed by atoms with Crippen molar-refractivity contribution >= 4 is 31.3 Å². The molecule has 0 bridgehead atoms. The monoisotopic (exact) mass is 272 g/mol. The van der Waals surface area contributed by atoms with Crippen molar-refractivity contribution in [3.05, 3.63) is 40.4 Å². The van der Waals surface area contributed by atoms with Crippen molar-refractivity contribution < 1.29 is 8.42 Å². The lowest BCUT2D eigenvalue weighted by molar-refractivity contribution is 0.603. The molecule has 2 nitrogen and oxygen atoms in total. The van der Waals surface area contributed by atoms with Gasteiger partial charge in [0.1, 0.15) is 0 Å². The summed E-state index contributed by atoms with van der Waals surface area (Å²) < 4.78 is 23.5. The minimum absolute atomic E-state index is 0.162. The number of rotatable bonds is 1. The summed E-state index contributed by atoms with van der Waals surface area (Å²) in [5.41, 5.74) is 1.88. The van der Waals surface area contributed by atoms with Gasteiger partial charge in [0.15, 0.2) is 9.84 Å². The first-order chi connectivity index (χ1) is 6.58. The molecule has 0 saturated heterocycles. The minimum atomic E-state index is -2.87. The second kappa shape index (κ2) is 3.51. The molecule has 74 valence electrons. The summed E-state index contributed by atoms with van der Waals surface area (Å²) in [6, 6.07) is 7.67. The molecule has 1 aliphatic heterocycles. The predicted octanol–water partition coefficient (Wildman–Crippen LogP) is 2.26. The lowest BCUT2D eigenvalue weighted by atomic mass is 10.1. The van der Waals surface area contributed by atoms with E-state index in [1.807, 2.05) is 24.3 Å². The topological polar surface area (TPSA) is 34.1 Å². The highest BCUT2D eigenvalue weighted by atomic mass is 79.9. The summed E-state index contributed by atoms with van der Waals surface area (Å²) in [7, 11) is -2.87. The van der Waals surface area contributed by atoms with Crippen molar-refractivity contribution in [2.45, 2.75) is 0 Å². The standard InChI is InChI=1S/C10H9BrO2S/c11-10-4-2-1-3-9(10)8-5-6-14(12,13)7-8/h1-5H,6-7H2. The molecule has 4 heteroatoms. The highest BCUT2D eigenvalue weighted by molar-refractivity contribution is 9.10. The van der Waals surface area contributed by atoms with E-state index >= 15 is 0 Å². The SMILES string of the molecule is O=S1(=O)CC=C(c2ccccc2Br)C1. The van der Waals surface area contributed by atoms with Gasteiger partial charge >= 0.3 is 0 Å². The predicted molar refractivity (Wildman–Crippen MR) is 60.8 cm³/mol. The first-order valence-electron chi connectivity index (χ1n) is 4.23. The second-order valence-electron chi connectivity index (χ2n) is 3.26. The van der Waals surface area contributed by atoms with Crippen LogP contribution in [0.3, 0.4) is 0 Å². The van der Waals surface area contributed by atoms with Gasteiger partial charge in [0.2, 0.25) is 0 Å². The van der Waals surface area contributed by atoms with Crippen molar-refractivity contribution in [2.75, 3.05) is 11.5 Å². The molecule has 0 aliphatic carbocycles. The minimum Gasteiger partial charge on any atom is -0.228 e. The van der Waals surface area contributed by atoms with E-state index in [0.29, 0.717) is 0 Å². The molecule has 0 aromatic heterocycles. The first-order valence-corrected chi connectivity index (χ1v) is 6.84. The Balaban J connectivity index is 2.40. The number of benzene rings is 1. The number of hydrogen-bond acceptors (Lipinski definition) is 2. The van der Waals surface area contributed by atoms with Gasteiger partial charge in [-0.05, 0) is 17.2 Å². The van der Waals surface area contributed by atoms with Crippen LogP contribution < -0.4 is 0 Å². The fourth-order valence-corrected chi connectivity index (χ4v) is 3.35. The maximum Gasteiger partial charge on any atom is 0.158 e. The number of halogens is 1. The molecule has 0 N–H and O–H groups in total. The van der Waals surface area contributed by atoms with Crippen LogP contribution in [0.25, 0.3) is 5.57 Å². The van der Waals surface area contributed by atoms with Crippen molar-refractivity contribution in [2.24, 2.45) is 0 Å². The Morgan fingerprint density at radius 1 is 1.21 bits per heavy atom. The van der Waals surface area contributed by atoms with E-state index in [-0.39, 0.29) is 11.5 Å². The Hall–Kier alpha value is -0.610. The van der Waals surface area contributed by atoms with Gasteiger partial charge in [0.05, 0.1) is 11.5 Å². The quantitative estimate of drug-likeness (QED) is 0.786. The second-order valence-corrected chi connectivity index (χ2v) is 6.23. The molecule has 1 aliphatic rings. The molecule has 1 aromatic carbocycles. The van der Waals surface area contributed by atoms with E-state index in [1.165, 1.54) is 0 Å². The van der Waals surface area contributed by atoms with Crippen LogP contribution in [-0.4, -0.2) is 19.9 Å². The molecule has 14 heavy (non-hydrogen) atoms. The Kier molecular flexibility index (Phi) is 2.49. The van der Waals surface area contributed by atoms with Gasteiger partial charge in [-0.1, -0.05) is 40.2 Å². The average Bonchev–Trinajstić information content (AvgIpc) is 2.47. The largest absolute Gasteiger partial charge is 0.228 e. The Morgan fingerprint density at radius 2 is 1.93 bits per heavy atom. The van der Waals surface area contributed by atoms with Crippen LogP contribution in [0.1, 0.15) is 5.56 Å². The first kappa shape index (κ1) is 9.93. The van der Waals surface area contributed by atoms with Crippen LogP contribution in [0, 0.1) is 0 Å². The van der Waals surface area contributed by atoms with Crippen molar-refractivity contribution in [1.82, 2.24) is 0 Å². The summed E-state index contributed by atoms with van der Waals surface area (Å²) >= 11 is 3.41. The highest BCUT2D eigenvalue weighted by Gasteiger charge is 2.21. The van der Waals surface area contributed by atoms with Crippen molar-refractivity contribution in [3.63, 3.8) is 0 Å². The zero-order chi connectivity index (χ0) is 10.2. The van der Waals surface area contributed by atoms with Crippen LogP contribution in [0.4, 0.5) is 0 Å². The molecule has 0 saturated carbocycles. The Labute approximate surface area is 91.7 Å². The molecule has 0 amide bonds. The Bertz CT molecular complexity index is 489. The van der Waals surface area contributed by atoms with Gasteiger partial charge in [-0.2, -0.15) is 0 Å². The third kappa shape index (κ3) is 1.91. The summed E-state index contributed by atoms with van der Waals surface area (Å²) in [6.45, 7) is 0. The normalized spacial score (nSPS) is 19.4. The third-order valence-electron chi connectivity index (χ3n) is 2.18. The van der Waals surface area contributed by atoms with E-state index in [2.05, 4.69) is 15.9 Å². The van der Waals surface area contributed by atoms with Crippen LogP contribution in [0.15, 0.2) is 34.8 Å². The third-order valence-corrected chi connectivity index (χ3v) is 4.30. The van der Waals surface area contributed by atoms with Gasteiger partial charge < -0.3 is 0 Å². The van der Waals surface area contributed by atoms with E-state index in [4.69, 9.17) is 0 Å². The smallest absolute Gasteiger partial charge is 0.158 e. The van der Waals surface area contributed by atoms with Crippen LogP contribution in [0.5, 0.6) is 0 Å². The molecule has 1 aromatic rings. The Morgan fingerprint density at radius 3 is 2.50 bits per heavy atom. The van der Waals surface area contributed by atoms with Crippen LogP contribution in [0.2, 0.25) is 0 Å². The molecule has 0 radical (unpaired) electrons. The van der Waals surface area contributed by atoms with E-state index in [9.17, 15) is 8.42 Å². The zero-order valence-electron chi connectivity index (χ0n) is 7.40. The number of hydrogen-bond donors (Lipinski definition) is 0. The molecular weight excluding hydrogens is 264 g/mol. The lowest BCUT2D eigenvalue weighted by Crippen LogP contribution is -2.02. The maximum atomic E-state index is 11.3. The van der Waals surface area contributed by atoms with Gasteiger partial charge in [-0.15, -0.1) is 0 Å². The molecular formula is C10H9BrO2S. The molecule has 0 fully saturated rings. The van der Waals surface area contributed by atoms with Gasteiger partial charge in [0.25, 0.3) is 0 Å². The summed E-state index contributed by atoms with van der Waals surface area (Å²) in [6.07, 6.45) is 1.79. The van der Waals surface area contributed by atoms with E-state index in [1.54, 1.807) is 6.08 Å². The molecule has 0 unspecified atom stereocenters. The fourth-order valence-electron chi connectivity index (χ4n) is 1.49. The highest BCUT2D eigenvalue weighted by Crippen LogP contribution is 2.28. The fraction of sp³-hybridized carbons (Fsp3) is 0.200. The number of sulfone groups is 1. The summed E-state index contributed by atoms with van der Waals surface area (Å²) in [4.78, 5) is 0. The molecule has 1 heterocycles. The van der Waals surface area contributed by atoms with Gasteiger partial charge in [-0.25, -0.2) is 8.42 Å². The van der Waals surface area contributed by atoms with Gasteiger partial charge in [0, 0.05) is 4.47 Å². The molecule has 0 spiro atoms. The van der Waals surface area contributed by atoms with E-state index in [0.717, 1.165) is 15.6 Å². The summed E-state index contributed by atoms with van der Waals surface area (Å²) in [5.74, 6) is 0.333. The maximum absolute atomic E-state index is 11.3.